The first-order valence-electron chi connectivity index (χ1n) is 8.92. The van der Waals surface area contributed by atoms with Gasteiger partial charge in [0.15, 0.2) is 0 Å². The predicted molar refractivity (Wildman–Crippen MR) is 102 cm³/mol. The minimum absolute atomic E-state index is 0.0565. The molecule has 140 valence electrons. The van der Waals surface area contributed by atoms with E-state index in [-0.39, 0.29) is 23.7 Å². The minimum Gasteiger partial charge on any atom is -0.462 e. The lowest BCUT2D eigenvalue weighted by Crippen LogP contribution is -2.29. The van der Waals surface area contributed by atoms with Gasteiger partial charge in [-0.25, -0.2) is 4.79 Å². The molecule has 0 bridgehead atoms. The van der Waals surface area contributed by atoms with Gasteiger partial charge >= 0.3 is 5.97 Å². The zero-order valence-corrected chi connectivity index (χ0v) is 15.3. The second-order valence-electron chi connectivity index (χ2n) is 6.47. The highest BCUT2D eigenvalue weighted by molar-refractivity contribution is 6.04. The lowest BCUT2D eigenvalue weighted by Gasteiger charge is -2.17. The van der Waals surface area contributed by atoms with E-state index >= 15 is 0 Å². The summed E-state index contributed by atoms with van der Waals surface area (Å²) in [6, 6.07) is 15.9. The Morgan fingerprint density at radius 1 is 1.04 bits per heavy atom. The van der Waals surface area contributed by atoms with Crippen molar-refractivity contribution in [1.29, 1.82) is 0 Å². The monoisotopic (exact) mass is 366 g/mol. The van der Waals surface area contributed by atoms with Crippen LogP contribution in [0.1, 0.15) is 23.7 Å². The average Bonchev–Trinajstić information content (AvgIpc) is 3.49. The van der Waals surface area contributed by atoms with Crippen LogP contribution in [0.3, 0.4) is 0 Å². The van der Waals surface area contributed by atoms with Crippen LogP contribution in [0.15, 0.2) is 54.6 Å². The van der Waals surface area contributed by atoms with Crippen LogP contribution in [0.5, 0.6) is 0 Å². The van der Waals surface area contributed by atoms with Gasteiger partial charge in [-0.15, -0.1) is 0 Å². The van der Waals surface area contributed by atoms with Crippen molar-refractivity contribution in [2.24, 2.45) is 11.8 Å². The molecular formula is C21H22N2O4. The van der Waals surface area contributed by atoms with Crippen LogP contribution in [-0.4, -0.2) is 31.4 Å². The van der Waals surface area contributed by atoms with Crippen LogP contribution in [0.4, 0.5) is 11.4 Å². The molecule has 0 spiro atoms. The summed E-state index contributed by atoms with van der Waals surface area (Å²) in [7, 11) is 1.72. The maximum absolute atomic E-state index is 12.5. The Bertz CT molecular complexity index is 833. The van der Waals surface area contributed by atoms with E-state index in [2.05, 4.69) is 5.32 Å². The number of rotatable bonds is 6. The second kappa shape index (κ2) is 8.03. The molecule has 1 aliphatic rings. The van der Waals surface area contributed by atoms with Crippen molar-refractivity contribution in [3.05, 3.63) is 60.2 Å². The van der Waals surface area contributed by atoms with Gasteiger partial charge in [-0.3, -0.25) is 9.59 Å². The van der Waals surface area contributed by atoms with Crippen LogP contribution < -0.4 is 10.2 Å². The standard InChI is InChI=1S/C21H22N2O4/c1-3-27-21(26)14-9-11-15(12-10-14)22-19(24)17-13-18(17)20(25)23(2)16-7-5-4-6-8-16/h4-12,17-18H,3,13H2,1-2H3,(H,22,24). The summed E-state index contributed by atoms with van der Waals surface area (Å²) >= 11 is 0. The number of amides is 2. The van der Waals surface area contributed by atoms with E-state index in [0.717, 1.165) is 5.69 Å². The molecule has 6 nitrogen and oxygen atoms in total. The molecule has 0 aliphatic heterocycles. The van der Waals surface area contributed by atoms with Crippen molar-refractivity contribution in [1.82, 2.24) is 0 Å². The van der Waals surface area contributed by atoms with Gasteiger partial charge in [-0.05, 0) is 49.7 Å². The lowest BCUT2D eigenvalue weighted by atomic mass is 10.2. The Hall–Kier alpha value is -3.15. The lowest BCUT2D eigenvalue weighted by molar-refractivity contribution is -0.123. The van der Waals surface area contributed by atoms with E-state index in [0.29, 0.717) is 24.3 Å². The number of para-hydroxylation sites is 1. The number of carbonyl (C=O) groups excluding carboxylic acids is 3. The van der Waals surface area contributed by atoms with Crippen molar-refractivity contribution < 1.29 is 19.1 Å². The first kappa shape index (κ1) is 18.6. The maximum Gasteiger partial charge on any atom is 0.338 e. The van der Waals surface area contributed by atoms with Crippen LogP contribution in [0, 0.1) is 11.8 Å². The Kier molecular flexibility index (Phi) is 5.54. The van der Waals surface area contributed by atoms with E-state index in [1.54, 1.807) is 43.1 Å². The van der Waals surface area contributed by atoms with Crippen molar-refractivity contribution in [3.8, 4) is 0 Å². The molecule has 2 aromatic carbocycles. The Morgan fingerprint density at radius 2 is 1.70 bits per heavy atom. The third-order valence-corrected chi connectivity index (χ3v) is 4.58. The van der Waals surface area contributed by atoms with Crippen LogP contribution in [0.2, 0.25) is 0 Å². The molecule has 6 heteroatoms. The largest absolute Gasteiger partial charge is 0.462 e. The first-order valence-corrected chi connectivity index (χ1v) is 8.92. The Balaban J connectivity index is 1.55. The van der Waals surface area contributed by atoms with Crippen molar-refractivity contribution >= 4 is 29.2 Å². The van der Waals surface area contributed by atoms with Crippen LogP contribution >= 0.6 is 0 Å². The van der Waals surface area contributed by atoms with Gasteiger partial charge in [0.05, 0.1) is 24.0 Å². The summed E-state index contributed by atoms with van der Waals surface area (Å²) < 4.78 is 4.93. The van der Waals surface area contributed by atoms with E-state index in [1.807, 2.05) is 30.3 Å². The molecule has 0 aromatic heterocycles. The Morgan fingerprint density at radius 3 is 2.33 bits per heavy atom. The Labute approximate surface area is 158 Å². The maximum atomic E-state index is 12.5. The van der Waals surface area contributed by atoms with Gasteiger partial charge in [0, 0.05) is 18.4 Å². The minimum atomic E-state index is -0.396. The normalized spacial score (nSPS) is 17.7. The summed E-state index contributed by atoms with van der Waals surface area (Å²) in [5.74, 6) is -1.26. The molecule has 1 fully saturated rings. The highest BCUT2D eigenvalue weighted by atomic mass is 16.5. The molecule has 2 aromatic rings. The fourth-order valence-electron chi connectivity index (χ4n) is 2.92. The summed E-state index contributed by atoms with van der Waals surface area (Å²) in [5.41, 5.74) is 1.82. The number of nitrogens with zero attached hydrogens (tertiary/aromatic N) is 1. The zero-order chi connectivity index (χ0) is 19.4. The van der Waals surface area contributed by atoms with E-state index < -0.39 is 5.97 Å². The highest BCUT2D eigenvalue weighted by Gasteiger charge is 2.49. The predicted octanol–water partition coefficient (Wildman–Crippen LogP) is 3.10. The van der Waals surface area contributed by atoms with Crippen molar-refractivity contribution in [2.75, 3.05) is 23.9 Å². The van der Waals surface area contributed by atoms with Crippen molar-refractivity contribution in [3.63, 3.8) is 0 Å². The number of esters is 1. The molecule has 2 amide bonds. The summed E-state index contributed by atoms with van der Waals surface area (Å²) in [6.07, 6.45) is 0.544. The average molecular weight is 366 g/mol. The van der Waals surface area contributed by atoms with E-state index in [9.17, 15) is 14.4 Å². The van der Waals surface area contributed by atoms with Crippen molar-refractivity contribution in [2.45, 2.75) is 13.3 Å². The SMILES string of the molecule is CCOC(=O)c1ccc(NC(=O)C2CC2C(=O)N(C)c2ccccc2)cc1. The van der Waals surface area contributed by atoms with Gasteiger partial charge < -0.3 is 15.0 Å². The smallest absolute Gasteiger partial charge is 0.338 e. The molecule has 1 saturated carbocycles. The van der Waals surface area contributed by atoms with Gasteiger partial charge in [-0.1, -0.05) is 18.2 Å². The molecular weight excluding hydrogens is 344 g/mol. The fraction of sp³-hybridized carbons (Fsp3) is 0.286. The molecule has 27 heavy (non-hydrogen) atoms. The molecule has 1 N–H and O–H groups in total. The zero-order valence-electron chi connectivity index (χ0n) is 15.3. The topological polar surface area (TPSA) is 75.7 Å². The molecule has 0 saturated heterocycles. The number of hydrogen-bond acceptors (Lipinski definition) is 4. The van der Waals surface area contributed by atoms with Gasteiger partial charge in [-0.2, -0.15) is 0 Å². The molecule has 2 atom stereocenters. The van der Waals surface area contributed by atoms with Gasteiger partial charge in [0.1, 0.15) is 0 Å². The molecule has 3 rings (SSSR count). The van der Waals surface area contributed by atoms with Gasteiger partial charge in [0.2, 0.25) is 11.8 Å². The highest BCUT2D eigenvalue weighted by Crippen LogP contribution is 2.41. The quantitative estimate of drug-likeness (QED) is 0.797. The number of nitrogens with one attached hydrogen (secondary N) is 1. The first-order chi connectivity index (χ1) is 13.0. The third-order valence-electron chi connectivity index (χ3n) is 4.58. The number of benzene rings is 2. The summed E-state index contributed by atoms with van der Waals surface area (Å²) in [4.78, 5) is 38.2. The van der Waals surface area contributed by atoms with Crippen LogP contribution in [0.25, 0.3) is 0 Å². The molecule has 2 unspecified atom stereocenters. The number of hydrogen-bond donors (Lipinski definition) is 1. The summed E-state index contributed by atoms with van der Waals surface area (Å²) in [6.45, 7) is 2.06. The number of ether oxygens (including phenoxy) is 1. The number of anilines is 2. The number of carbonyl (C=O) groups is 3. The summed E-state index contributed by atoms with van der Waals surface area (Å²) in [5, 5.41) is 2.80. The van der Waals surface area contributed by atoms with E-state index in [4.69, 9.17) is 4.74 Å². The van der Waals surface area contributed by atoms with Crippen LogP contribution in [-0.2, 0) is 14.3 Å². The molecule has 0 radical (unpaired) electrons. The van der Waals surface area contributed by atoms with E-state index in [1.165, 1.54) is 0 Å². The molecule has 1 aliphatic carbocycles. The van der Waals surface area contributed by atoms with Gasteiger partial charge in [0.25, 0.3) is 0 Å². The molecule has 0 heterocycles. The third kappa shape index (κ3) is 4.34. The second-order valence-corrected chi connectivity index (χ2v) is 6.47. The fourth-order valence-corrected chi connectivity index (χ4v) is 2.92.